The van der Waals surface area contributed by atoms with Gasteiger partial charge in [-0.3, -0.25) is 0 Å². The Labute approximate surface area is 251 Å². The summed E-state index contributed by atoms with van der Waals surface area (Å²) in [4.78, 5) is 0. The van der Waals surface area contributed by atoms with E-state index in [4.69, 9.17) is 0 Å². The van der Waals surface area contributed by atoms with Crippen molar-refractivity contribution in [1.82, 2.24) is 0 Å². The van der Waals surface area contributed by atoms with Crippen molar-refractivity contribution in [3.63, 3.8) is 0 Å². The Morgan fingerprint density at radius 1 is 0.643 bits per heavy atom. The normalized spacial score (nSPS) is 20.9. The number of allylic oxidation sites excluding steroid dienone is 2. The average Bonchev–Trinajstić information content (AvgIpc) is 3.02. The first-order valence-electron chi connectivity index (χ1n) is 16.5. The predicted octanol–water partition coefficient (Wildman–Crippen LogP) is 12.4. The molecule has 0 bridgehead atoms. The van der Waals surface area contributed by atoms with Gasteiger partial charge in [0.15, 0.2) is 11.6 Å². The zero-order valence-corrected chi connectivity index (χ0v) is 25.5. The highest BCUT2D eigenvalue weighted by atomic mass is 19.2. The molecule has 0 nitrogen and oxygen atoms in total. The van der Waals surface area contributed by atoms with Gasteiger partial charge < -0.3 is 0 Å². The van der Waals surface area contributed by atoms with E-state index in [1.165, 1.54) is 51.4 Å². The Morgan fingerprint density at radius 3 is 2.00 bits per heavy atom. The summed E-state index contributed by atoms with van der Waals surface area (Å²) in [6.45, 7) is 4.32. The van der Waals surface area contributed by atoms with E-state index in [2.05, 4.69) is 13.0 Å². The molecule has 3 heteroatoms. The van der Waals surface area contributed by atoms with Gasteiger partial charge in [-0.15, -0.1) is 0 Å². The maximum atomic E-state index is 15.4. The van der Waals surface area contributed by atoms with E-state index in [-0.39, 0.29) is 11.4 Å². The fourth-order valence-electron chi connectivity index (χ4n) is 7.33. The molecule has 2 aliphatic carbocycles. The van der Waals surface area contributed by atoms with Crippen LogP contribution >= 0.6 is 0 Å². The number of hydrogen-bond donors (Lipinski definition) is 0. The van der Waals surface area contributed by atoms with Crippen molar-refractivity contribution < 1.29 is 13.2 Å². The molecule has 3 aromatic rings. The quantitative estimate of drug-likeness (QED) is 0.200. The number of benzene rings is 3. The van der Waals surface area contributed by atoms with Gasteiger partial charge >= 0.3 is 0 Å². The highest BCUT2D eigenvalue weighted by Crippen LogP contribution is 2.43. The molecule has 0 heterocycles. The third kappa shape index (κ3) is 7.21. The van der Waals surface area contributed by atoms with Crippen molar-refractivity contribution >= 4 is 5.57 Å². The van der Waals surface area contributed by atoms with Crippen LogP contribution in [0.25, 0.3) is 27.8 Å². The molecular formula is C39H47F3. The molecule has 0 aromatic heterocycles. The summed E-state index contributed by atoms with van der Waals surface area (Å²) in [7, 11) is 0. The lowest BCUT2D eigenvalue weighted by molar-refractivity contribution is 0.187. The maximum Gasteiger partial charge on any atom is 0.166 e. The predicted molar refractivity (Wildman–Crippen MR) is 171 cm³/mol. The number of rotatable bonds is 11. The van der Waals surface area contributed by atoms with E-state index in [1.54, 1.807) is 30.3 Å². The minimum absolute atomic E-state index is 0.190. The van der Waals surface area contributed by atoms with Gasteiger partial charge in [0.2, 0.25) is 0 Å². The first-order chi connectivity index (χ1) is 20.5. The molecule has 0 spiro atoms. The minimum atomic E-state index is -0.801. The van der Waals surface area contributed by atoms with Gasteiger partial charge in [-0.1, -0.05) is 113 Å². The van der Waals surface area contributed by atoms with E-state index in [9.17, 15) is 8.78 Å². The Bertz CT molecular complexity index is 1340. The van der Waals surface area contributed by atoms with Crippen LogP contribution in [0.1, 0.15) is 108 Å². The van der Waals surface area contributed by atoms with Crippen LogP contribution in [0.2, 0.25) is 0 Å². The lowest BCUT2D eigenvalue weighted by Gasteiger charge is -2.35. The van der Waals surface area contributed by atoms with Gasteiger partial charge in [0, 0.05) is 11.1 Å². The second kappa shape index (κ2) is 14.6. The third-order valence-electron chi connectivity index (χ3n) is 10.0. The molecule has 42 heavy (non-hydrogen) atoms. The monoisotopic (exact) mass is 572 g/mol. The molecule has 1 atom stereocenters. The molecule has 1 fully saturated rings. The van der Waals surface area contributed by atoms with Crippen LogP contribution in [0.15, 0.2) is 60.7 Å². The number of aryl methyl sites for hydroxylation is 1. The second-order valence-corrected chi connectivity index (χ2v) is 12.8. The van der Waals surface area contributed by atoms with Crippen LogP contribution in [-0.2, 0) is 6.42 Å². The van der Waals surface area contributed by atoms with Crippen LogP contribution in [0.4, 0.5) is 13.2 Å². The molecule has 5 rings (SSSR count). The van der Waals surface area contributed by atoms with Gasteiger partial charge in [-0.25, -0.2) is 13.2 Å². The van der Waals surface area contributed by atoms with Crippen molar-refractivity contribution in [2.45, 2.75) is 104 Å². The molecule has 1 unspecified atom stereocenters. The summed E-state index contributed by atoms with van der Waals surface area (Å²) in [5.41, 5.74) is 4.79. The van der Waals surface area contributed by atoms with Crippen LogP contribution < -0.4 is 0 Å². The fraction of sp³-hybridized carbons (Fsp3) is 0.487. The summed E-state index contributed by atoms with van der Waals surface area (Å²) >= 11 is 0. The molecule has 0 aliphatic heterocycles. The van der Waals surface area contributed by atoms with Crippen LogP contribution in [0.5, 0.6) is 0 Å². The summed E-state index contributed by atoms with van der Waals surface area (Å²) in [6.07, 6.45) is 18.8. The van der Waals surface area contributed by atoms with E-state index >= 15 is 4.39 Å². The van der Waals surface area contributed by atoms with E-state index < -0.39 is 11.6 Å². The van der Waals surface area contributed by atoms with Gasteiger partial charge in [0.25, 0.3) is 0 Å². The highest BCUT2D eigenvalue weighted by Gasteiger charge is 2.29. The van der Waals surface area contributed by atoms with Crippen molar-refractivity contribution in [1.29, 1.82) is 0 Å². The van der Waals surface area contributed by atoms with Gasteiger partial charge in [0.1, 0.15) is 5.82 Å². The largest absolute Gasteiger partial charge is 0.206 e. The van der Waals surface area contributed by atoms with E-state index in [0.717, 1.165) is 66.6 Å². The summed E-state index contributed by atoms with van der Waals surface area (Å²) in [6, 6.07) is 16.1. The lowest BCUT2D eigenvalue weighted by Crippen LogP contribution is -2.23. The SMILES string of the molecule is CCCCCC1CCC(C2CC=C(c3ccc(-c4ccc(-c5ccc(CCCC)c(F)c5F)cc4)cc3F)CC2)CC1. The zero-order valence-electron chi connectivity index (χ0n) is 25.5. The molecule has 0 saturated heterocycles. The molecule has 224 valence electrons. The highest BCUT2D eigenvalue weighted by molar-refractivity contribution is 5.74. The summed E-state index contributed by atoms with van der Waals surface area (Å²) in [5, 5.41) is 0. The fourth-order valence-corrected chi connectivity index (χ4v) is 7.33. The Balaban J connectivity index is 1.20. The summed E-state index contributed by atoms with van der Waals surface area (Å²) < 4.78 is 44.8. The molecule has 0 N–H and O–H groups in total. The number of hydrogen-bond acceptors (Lipinski definition) is 0. The minimum Gasteiger partial charge on any atom is -0.206 e. The molecule has 0 amide bonds. The molecular weight excluding hydrogens is 525 g/mol. The van der Waals surface area contributed by atoms with Crippen LogP contribution in [0.3, 0.4) is 0 Å². The van der Waals surface area contributed by atoms with Crippen LogP contribution in [0, 0.1) is 35.2 Å². The first-order valence-corrected chi connectivity index (χ1v) is 16.5. The van der Waals surface area contributed by atoms with Gasteiger partial charge in [-0.05, 0) is 96.6 Å². The van der Waals surface area contributed by atoms with E-state index in [1.807, 2.05) is 31.2 Å². The zero-order chi connectivity index (χ0) is 29.5. The van der Waals surface area contributed by atoms with Gasteiger partial charge in [-0.2, -0.15) is 0 Å². The average molecular weight is 573 g/mol. The molecule has 0 radical (unpaired) electrons. The molecule has 2 aliphatic rings. The summed E-state index contributed by atoms with van der Waals surface area (Å²) in [5.74, 6) is 0.782. The maximum absolute atomic E-state index is 15.4. The standard InChI is InChI=1S/C39H47F3/c1-3-5-7-8-27-10-12-28(13-11-27)29-14-18-31(19-15-29)35-24-23-34(26-37(35)40)30-16-20-32(21-17-30)36-25-22-33(9-6-4-2)38(41)39(36)42/h16-18,20-29H,3-15,19H2,1-2H3. The van der Waals surface area contributed by atoms with Crippen molar-refractivity contribution in [3.8, 4) is 22.3 Å². The smallest absolute Gasteiger partial charge is 0.166 e. The van der Waals surface area contributed by atoms with Crippen LogP contribution in [-0.4, -0.2) is 0 Å². The Hall–Kier alpha value is -2.81. The van der Waals surface area contributed by atoms with Crippen molar-refractivity contribution in [2.24, 2.45) is 17.8 Å². The van der Waals surface area contributed by atoms with E-state index in [0.29, 0.717) is 23.1 Å². The van der Waals surface area contributed by atoms with Gasteiger partial charge in [0.05, 0.1) is 0 Å². The number of halogens is 3. The third-order valence-corrected chi connectivity index (χ3v) is 10.0. The lowest BCUT2D eigenvalue weighted by atomic mass is 9.70. The van der Waals surface area contributed by atoms with Crippen molar-refractivity contribution in [3.05, 3.63) is 89.3 Å². The number of unbranched alkanes of at least 4 members (excludes halogenated alkanes) is 3. The van der Waals surface area contributed by atoms with Crippen molar-refractivity contribution in [2.75, 3.05) is 0 Å². The second-order valence-electron chi connectivity index (χ2n) is 12.8. The molecule has 1 saturated carbocycles. The Kier molecular flexibility index (Phi) is 10.6. The topological polar surface area (TPSA) is 0 Å². The first kappa shape index (κ1) is 30.6. The Morgan fingerprint density at radius 2 is 1.33 bits per heavy atom. The molecule has 3 aromatic carbocycles.